The molecule has 172 valence electrons. The number of amides is 1. The van der Waals surface area contributed by atoms with Crippen molar-refractivity contribution in [1.29, 1.82) is 0 Å². The number of para-hydroxylation sites is 1. The molecule has 1 amide bonds. The molecule has 3 aromatic heterocycles. The Bertz CT molecular complexity index is 1570. The molecule has 0 bridgehead atoms. The predicted molar refractivity (Wildman–Crippen MR) is 134 cm³/mol. The summed E-state index contributed by atoms with van der Waals surface area (Å²) >= 11 is 3.67. The Hall–Kier alpha value is -3.65. The number of hydrogen-bond acceptors (Lipinski definition) is 5. The van der Waals surface area contributed by atoms with Gasteiger partial charge in [-0.15, -0.1) is 0 Å². The fraction of sp³-hybridized carbons (Fsp3) is 0.192. The Morgan fingerprint density at radius 3 is 2.71 bits per heavy atom. The van der Waals surface area contributed by atoms with Crippen LogP contribution >= 0.6 is 15.9 Å². The van der Waals surface area contributed by atoms with Gasteiger partial charge in [0.05, 0.1) is 16.7 Å². The lowest BCUT2D eigenvalue weighted by Gasteiger charge is -2.10. The van der Waals surface area contributed by atoms with E-state index in [1.54, 1.807) is 18.2 Å². The predicted octanol–water partition coefficient (Wildman–Crippen LogP) is 5.59. The number of nitrogens with zero attached hydrogens (tertiary/aromatic N) is 3. The number of benzene rings is 2. The molecule has 0 unspecified atom stereocenters. The van der Waals surface area contributed by atoms with Crippen LogP contribution in [0.3, 0.4) is 0 Å². The van der Waals surface area contributed by atoms with E-state index < -0.39 is 6.09 Å². The van der Waals surface area contributed by atoms with Crippen LogP contribution in [0.2, 0.25) is 0 Å². The van der Waals surface area contributed by atoms with Crippen molar-refractivity contribution in [3.05, 3.63) is 75.6 Å². The monoisotopic (exact) mass is 517 g/mol. The van der Waals surface area contributed by atoms with Gasteiger partial charge in [0.2, 0.25) is 0 Å². The Labute approximate surface area is 204 Å². The Kier molecular flexibility index (Phi) is 5.61. The number of halogens is 1. The Balaban J connectivity index is 1.59. The minimum Gasteiger partial charge on any atom is -0.530 e. The van der Waals surface area contributed by atoms with Crippen LogP contribution in [0.25, 0.3) is 33.5 Å². The summed E-state index contributed by atoms with van der Waals surface area (Å²) in [5, 5.41) is 14.3. The average Bonchev–Trinajstić information content (AvgIpc) is 3.31. The quantitative estimate of drug-likeness (QED) is 0.327. The molecule has 8 heteroatoms. The number of nitrogens with one attached hydrogen (secondary N) is 1. The van der Waals surface area contributed by atoms with E-state index in [1.807, 2.05) is 25.1 Å². The zero-order chi connectivity index (χ0) is 24.0. The molecular weight excluding hydrogens is 496 g/mol. The fourth-order valence-corrected chi connectivity index (χ4v) is 4.96. The van der Waals surface area contributed by atoms with Crippen molar-refractivity contribution in [2.24, 2.45) is 0 Å². The number of carbonyl (C=O) groups is 1. The number of hydrogen-bond donors (Lipinski definition) is 1. The van der Waals surface area contributed by atoms with Gasteiger partial charge in [0, 0.05) is 23.1 Å². The molecule has 0 saturated heterocycles. The first-order valence-electron chi connectivity index (χ1n) is 11.0. The summed E-state index contributed by atoms with van der Waals surface area (Å²) in [6, 6.07) is 15.1. The van der Waals surface area contributed by atoms with Gasteiger partial charge >= 0.3 is 0 Å². The lowest BCUT2D eigenvalue weighted by Crippen LogP contribution is -2.28. The van der Waals surface area contributed by atoms with E-state index in [0.717, 1.165) is 50.1 Å². The summed E-state index contributed by atoms with van der Waals surface area (Å²) in [5.41, 5.74) is 6.72. The highest BCUT2D eigenvalue weighted by Gasteiger charge is 2.18. The van der Waals surface area contributed by atoms with E-state index in [9.17, 15) is 9.90 Å². The van der Waals surface area contributed by atoms with Crippen molar-refractivity contribution in [3.63, 3.8) is 0 Å². The minimum absolute atomic E-state index is 0.400. The SMILES string of the molecule is CCc1nc2c(C)cc(C)nc2n1Cc1ccc2oc(-c3ccccc3NC(=O)[O-])c(Br)c2c1. The van der Waals surface area contributed by atoms with Gasteiger partial charge in [0.1, 0.15) is 23.0 Å². The molecule has 34 heavy (non-hydrogen) atoms. The zero-order valence-corrected chi connectivity index (χ0v) is 20.6. The van der Waals surface area contributed by atoms with Gasteiger partial charge in [-0.2, -0.15) is 0 Å². The molecule has 5 rings (SSSR count). The second kappa shape index (κ2) is 8.61. The van der Waals surface area contributed by atoms with Crippen molar-refractivity contribution in [3.8, 4) is 11.3 Å². The van der Waals surface area contributed by atoms with Crippen LogP contribution in [0.4, 0.5) is 10.5 Å². The van der Waals surface area contributed by atoms with Crippen molar-refractivity contribution >= 4 is 49.8 Å². The van der Waals surface area contributed by atoms with Crippen LogP contribution in [-0.4, -0.2) is 20.6 Å². The first kappa shape index (κ1) is 22.2. The number of pyridine rings is 1. The first-order chi connectivity index (χ1) is 16.4. The molecule has 5 aromatic rings. The number of aryl methyl sites for hydroxylation is 3. The number of fused-ring (bicyclic) bond motifs is 2. The van der Waals surface area contributed by atoms with Gasteiger partial charge in [0.15, 0.2) is 11.4 Å². The van der Waals surface area contributed by atoms with Gasteiger partial charge in [-0.05, 0) is 71.2 Å². The number of carboxylic acid groups (broad SMARTS) is 1. The van der Waals surface area contributed by atoms with Crippen LogP contribution in [0.1, 0.15) is 29.6 Å². The standard InChI is InChI=1S/C26H23BrN4O3/c1-4-21-30-23-14(2)11-15(3)28-25(23)31(21)13-16-9-10-20-18(12-16)22(27)24(34-20)17-7-5-6-8-19(17)29-26(32)33/h5-12,29H,4,13H2,1-3H3,(H,32,33)/p-1. The van der Waals surface area contributed by atoms with Crippen LogP contribution < -0.4 is 10.4 Å². The van der Waals surface area contributed by atoms with Gasteiger partial charge < -0.3 is 24.2 Å². The fourth-order valence-electron chi connectivity index (χ4n) is 4.35. The van der Waals surface area contributed by atoms with E-state index >= 15 is 0 Å². The second-order valence-electron chi connectivity index (χ2n) is 8.25. The smallest absolute Gasteiger partial charge is 0.160 e. The van der Waals surface area contributed by atoms with Crippen molar-refractivity contribution in [1.82, 2.24) is 14.5 Å². The third kappa shape index (κ3) is 3.84. The van der Waals surface area contributed by atoms with E-state index in [1.165, 1.54) is 0 Å². The van der Waals surface area contributed by atoms with Gasteiger partial charge in [0.25, 0.3) is 0 Å². The van der Waals surface area contributed by atoms with Crippen LogP contribution in [0, 0.1) is 13.8 Å². The number of furan rings is 1. The van der Waals surface area contributed by atoms with E-state index in [-0.39, 0.29) is 0 Å². The number of carbonyl (C=O) groups excluding carboxylic acids is 1. The zero-order valence-electron chi connectivity index (χ0n) is 19.0. The van der Waals surface area contributed by atoms with E-state index in [4.69, 9.17) is 14.4 Å². The maximum Gasteiger partial charge on any atom is 0.160 e. The highest BCUT2D eigenvalue weighted by Crippen LogP contribution is 2.41. The molecule has 0 spiro atoms. The number of anilines is 1. The normalized spacial score (nSPS) is 11.4. The molecule has 0 saturated carbocycles. The summed E-state index contributed by atoms with van der Waals surface area (Å²) in [4.78, 5) is 20.7. The molecule has 1 N–H and O–H groups in total. The lowest BCUT2D eigenvalue weighted by atomic mass is 10.1. The molecule has 0 aliphatic rings. The van der Waals surface area contributed by atoms with Gasteiger partial charge in [-0.3, -0.25) is 0 Å². The van der Waals surface area contributed by atoms with Crippen LogP contribution in [0.15, 0.2) is 57.4 Å². The van der Waals surface area contributed by atoms with Crippen LogP contribution in [0.5, 0.6) is 0 Å². The summed E-state index contributed by atoms with van der Waals surface area (Å²) in [5.74, 6) is 1.54. The van der Waals surface area contributed by atoms with Crippen LogP contribution in [-0.2, 0) is 13.0 Å². The topological polar surface area (TPSA) is 96.0 Å². The minimum atomic E-state index is -1.37. The molecule has 3 heterocycles. The number of imidazole rings is 1. The van der Waals surface area contributed by atoms with Crippen molar-refractivity contribution in [2.45, 2.75) is 33.7 Å². The number of aromatic nitrogens is 3. The molecule has 0 radical (unpaired) electrons. The molecule has 0 atom stereocenters. The lowest BCUT2D eigenvalue weighted by molar-refractivity contribution is -0.242. The third-order valence-corrected chi connectivity index (χ3v) is 6.65. The molecule has 0 aliphatic carbocycles. The Morgan fingerprint density at radius 1 is 1.15 bits per heavy atom. The van der Waals surface area contributed by atoms with Gasteiger partial charge in [-0.25, -0.2) is 9.97 Å². The maximum absolute atomic E-state index is 11.1. The molecule has 7 nitrogen and oxygen atoms in total. The van der Waals surface area contributed by atoms with E-state index in [2.05, 4.69) is 51.8 Å². The van der Waals surface area contributed by atoms with Crippen molar-refractivity contribution in [2.75, 3.05) is 5.32 Å². The highest BCUT2D eigenvalue weighted by atomic mass is 79.9. The first-order valence-corrected chi connectivity index (χ1v) is 11.8. The summed E-state index contributed by atoms with van der Waals surface area (Å²) in [6.07, 6.45) is -0.570. The summed E-state index contributed by atoms with van der Waals surface area (Å²) in [6.45, 7) is 6.79. The summed E-state index contributed by atoms with van der Waals surface area (Å²) < 4.78 is 9.04. The Morgan fingerprint density at radius 2 is 1.94 bits per heavy atom. The van der Waals surface area contributed by atoms with Gasteiger partial charge in [-0.1, -0.05) is 25.1 Å². The third-order valence-electron chi connectivity index (χ3n) is 5.86. The van der Waals surface area contributed by atoms with Crippen molar-refractivity contribution < 1.29 is 14.3 Å². The average molecular weight is 518 g/mol. The highest BCUT2D eigenvalue weighted by molar-refractivity contribution is 9.10. The molecular formula is C26H22BrN4O3-. The molecule has 2 aromatic carbocycles. The summed E-state index contributed by atoms with van der Waals surface area (Å²) in [7, 11) is 0. The largest absolute Gasteiger partial charge is 0.530 e. The molecule has 0 fully saturated rings. The second-order valence-corrected chi connectivity index (χ2v) is 9.05. The maximum atomic E-state index is 11.1. The number of rotatable bonds is 5. The molecule has 0 aliphatic heterocycles. The van der Waals surface area contributed by atoms with E-state index in [0.29, 0.717) is 29.1 Å².